The lowest BCUT2D eigenvalue weighted by molar-refractivity contribution is -0.144. The fourth-order valence-corrected chi connectivity index (χ4v) is 2.70. The summed E-state index contributed by atoms with van der Waals surface area (Å²) in [5.41, 5.74) is 0.150. The van der Waals surface area contributed by atoms with Gasteiger partial charge in [0.05, 0.1) is 6.61 Å². The average Bonchev–Trinajstić information content (AvgIpc) is 2.96. The van der Waals surface area contributed by atoms with E-state index in [9.17, 15) is 18.4 Å². The quantitative estimate of drug-likeness (QED) is 0.781. The number of halogens is 2. The molecule has 0 unspecified atom stereocenters. The van der Waals surface area contributed by atoms with E-state index < -0.39 is 12.4 Å². The van der Waals surface area contributed by atoms with Gasteiger partial charge < -0.3 is 4.74 Å². The monoisotopic (exact) mass is 270 g/mol. The lowest BCUT2D eigenvalue weighted by Crippen LogP contribution is -2.17. The van der Waals surface area contributed by atoms with Crippen LogP contribution in [0.1, 0.15) is 47.4 Å². The predicted molar refractivity (Wildman–Crippen MR) is 59.0 cm³/mol. The number of esters is 1. The molecule has 0 N–H and O–H groups in total. The number of ketones is 1. The molecule has 0 aromatic carbocycles. The summed E-state index contributed by atoms with van der Waals surface area (Å²) >= 11 is 0. The van der Waals surface area contributed by atoms with Crippen LogP contribution in [0.5, 0.6) is 0 Å². The third-order valence-corrected chi connectivity index (χ3v) is 3.55. The van der Waals surface area contributed by atoms with Crippen LogP contribution in [0.3, 0.4) is 0 Å². The van der Waals surface area contributed by atoms with Crippen molar-refractivity contribution < 1.29 is 23.1 Å². The summed E-state index contributed by atoms with van der Waals surface area (Å²) in [7, 11) is 0. The number of nitrogens with zero attached hydrogens (tertiary/aromatic N) is 2. The van der Waals surface area contributed by atoms with Gasteiger partial charge in [-0.05, 0) is 19.3 Å². The highest BCUT2D eigenvalue weighted by atomic mass is 19.3. The Kier molecular flexibility index (Phi) is 2.65. The number of carbonyl (C=O) groups excluding carboxylic acids is 2. The summed E-state index contributed by atoms with van der Waals surface area (Å²) in [5, 5.41) is 3.88. The topological polar surface area (TPSA) is 61.2 Å². The van der Waals surface area contributed by atoms with Crippen LogP contribution in [0.4, 0.5) is 8.78 Å². The smallest absolute Gasteiger partial charge is 0.327 e. The van der Waals surface area contributed by atoms with Gasteiger partial charge in [-0.1, -0.05) is 0 Å². The first-order valence-corrected chi connectivity index (χ1v) is 6.13. The van der Waals surface area contributed by atoms with Crippen LogP contribution in [-0.4, -0.2) is 28.1 Å². The summed E-state index contributed by atoms with van der Waals surface area (Å²) < 4.78 is 31.9. The average molecular weight is 270 g/mol. The Morgan fingerprint density at radius 3 is 2.89 bits per heavy atom. The number of hydrogen-bond acceptors (Lipinski definition) is 4. The Morgan fingerprint density at radius 2 is 2.26 bits per heavy atom. The Labute approximate surface area is 107 Å². The number of hydrogen-bond donors (Lipinski definition) is 0. The summed E-state index contributed by atoms with van der Waals surface area (Å²) in [6, 6.07) is 0. The molecule has 0 saturated heterocycles. The van der Waals surface area contributed by atoms with Gasteiger partial charge in [0.25, 0.3) is 6.43 Å². The fraction of sp³-hybridized carbons (Fsp3) is 0.583. The van der Waals surface area contributed by atoms with Gasteiger partial charge in [-0.3, -0.25) is 14.3 Å². The maximum Gasteiger partial charge on any atom is 0.327 e. The van der Waals surface area contributed by atoms with Gasteiger partial charge in [0.15, 0.2) is 5.78 Å². The van der Waals surface area contributed by atoms with Crippen molar-refractivity contribution in [2.24, 2.45) is 5.92 Å². The second-order valence-electron chi connectivity index (χ2n) is 4.72. The Hall–Kier alpha value is -1.79. The summed E-state index contributed by atoms with van der Waals surface area (Å²) in [6.45, 7) is 1.42. The van der Waals surface area contributed by atoms with Crippen molar-refractivity contribution in [1.82, 2.24) is 9.78 Å². The van der Waals surface area contributed by atoms with E-state index >= 15 is 0 Å². The van der Waals surface area contributed by atoms with Crippen molar-refractivity contribution in [1.29, 1.82) is 0 Å². The molecule has 1 aromatic heterocycles. The zero-order chi connectivity index (χ0) is 13.7. The summed E-state index contributed by atoms with van der Waals surface area (Å²) in [5.74, 6) is -1.09. The largest absolute Gasteiger partial charge is 0.465 e. The van der Waals surface area contributed by atoms with Crippen LogP contribution in [-0.2, 0) is 16.1 Å². The molecule has 2 aliphatic carbocycles. The molecule has 2 aliphatic rings. The normalized spacial score (nSPS) is 23.5. The second kappa shape index (κ2) is 4.11. The maximum atomic E-state index is 13.1. The molecular weight excluding hydrogens is 258 g/mol. The van der Waals surface area contributed by atoms with Gasteiger partial charge >= 0.3 is 5.97 Å². The molecule has 2 atom stereocenters. The Morgan fingerprint density at radius 1 is 1.53 bits per heavy atom. The van der Waals surface area contributed by atoms with E-state index in [1.807, 2.05) is 0 Å². The standard InChI is InChI=1S/C12H12F2N2O3/c1-2-19-7(17)4-16-10(12(13)14)8-5-3-6(5)11(18)9(8)15-16/h5-6,12H,2-4H2,1H3/t5-,6+/m0/s1. The SMILES string of the molecule is CCOC(=O)Cn1nc2c(c1C(F)F)[C@H]1C[C@H]1C2=O. The molecule has 0 aliphatic heterocycles. The molecule has 1 fully saturated rings. The van der Waals surface area contributed by atoms with E-state index in [-0.39, 0.29) is 42.2 Å². The van der Waals surface area contributed by atoms with Crippen LogP contribution in [0.15, 0.2) is 0 Å². The van der Waals surface area contributed by atoms with Gasteiger partial charge in [0.1, 0.15) is 17.9 Å². The molecule has 0 spiro atoms. The summed E-state index contributed by atoms with van der Waals surface area (Å²) in [6.07, 6.45) is -2.13. The lowest BCUT2D eigenvalue weighted by atomic mass is 10.1. The van der Waals surface area contributed by atoms with E-state index in [4.69, 9.17) is 4.74 Å². The van der Waals surface area contributed by atoms with Crippen molar-refractivity contribution in [2.75, 3.05) is 6.61 Å². The van der Waals surface area contributed by atoms with E-state index in [2.05, 4.69) is 5.10 Å². The van der Waals surface area contributed by atoms with Gasteiger partial charge in [-0.25, -0.2) is 8.78 Å². The summed E-state index contributed by atoms with van der Waals surface area (Å²) in [4.78, 5) is 23.2. The molecule has 1 aromatic rings. The van der Waals surface area contributed by atoms with E-state index in [1.165, 1.54) is 0 Å². The molecule has 1 saturated carbocycles. The third-order valence-electron chi connectivity index (χ3n) is 3.55. The molecule has 3 rings (SSSR count). The number of rotatable bonds is 4. The van der Waals surface area contributed by atoms with Crippen molar-refractivity contribution in [3.8, 4) is 0 Å². The number of aromatic nitrogens is 2. The minimum Gasteiger partial charge on any atom is -0.465 e. The van der Waals surface area contributed by atoms with E-state index in [1.54, 1.807) is 6.92 Å². The molecule has 0 bridgehead atoms. The van der Waals surface area contributed by atoms with Crippen LogP contribution >= 0.6 is 0 Å². The number of alkyl halides is 2. The molecule has 7 heteroatoms. The number of carbonyl (C=O) groups is 2. The number of fused-ring (bicyclic) bond motifs is 3. The highest BCUT2D eigenvalue weighted by Gasteiger charge is 2.56. The zero-order valence-corrected chi connectivity index (χ0v) is 10.2. The molecule has 1 heterocycles. The van der Waals surface area contributed by atoms with Crippen molar-refractivity contribution in [3.05, 3.63) is 17.0 Å². The first-order valence-electron chi connectivity index (χ1n) is 6.13. The maximum absolute atomic E-state index is 13.1. The van der Waals surface area contributed by atoms with Crippen molar-refractivity contribution in [2.45, 2.75) is 32.2 Å². The predicted octanol–water partition coefficient (Wildman–Crippen LogP) is 1.68. The molecule has 0 radical (unpaired) electrons. The molecular formula is C12H12F2N2O3. The van der Waals surface area contributed by atoms with Gasteiger partial charge in [-0.15, -0.1) is 0 Å². The van der Waals surface area contributed by atoms with Gasteiger partial charge in [0.2, 0.25) is 0 Å². The van der Waals surface area contributed by atoms with Gasteiger partial charge in [0, 0.05) is 11.5 Å². The first-order chi connectivity index (χ1) is 9.04. The molecule has 5 nitrogen and oxygen atoms in total. The van der Waals surface area contributed by atoms with Crippen molar-refractivity contribution >= 4 is 11.8 Å². The van der Waals surface area contributed by atoms with Crippen LogP contribution in [0, 0.1) is 5.92 Å². The fourth-order valence-electron chi connectivity index (χ4n) is 2.70. The number of ether oxygens (including phenoxy) is 1. The van der Waals surface area contributed by atoms with Crippen molar-refractivity contribution in [3.63, 3.8) is 0 Å². The molecule has 0 amide bonds. The lowest BCUT2D eigenvalue weighted by Gasteiger charge is -2.07. The Balaban J connectivity index is 1.97. The zero-order valence-electron chi connectivity index (χ0n) is 10.2. The van der Waals surface area contributed by atoms with Crippen LogP contribution in [0.2, 0.25) is 0 Å². The van der Waals surface area contributed by atoms with Gasteiger partial charge in [-0.2, -0.15) is 5.10 Å². The van der Waals surface area contributed by atoms with E-state index in [0.29, 0.717) is 12.0 Å². The first kappa shape index (κ1) is 12.3. The Bertz CT molecular complexity index is 568. The minimum atomic E-state index is -2.75. The minimum absolute atomic E-state index is 0.112. The van der Waals surface area contributed by atoms with Crippen LogP contribution in [0.25, 0.3) is 0 Å². The van der Waals surface area contributed by atoms with Crippen LogP contribution < -0.4 is 0 Å². The highest BCUT2D eigenvalue weighted by Crippen LogP contribution is 2.57. The second-order valence-corrected chi connectivity index (χ2v) is 4.72. The van der Waals surface area contributed by atoms with E-state index in [0.717, 1.165) is 4.68 Å². The number of Topliss-reactive ketones (excluding diaryl/α,β-unsaturated/α-hetero) is 1. The third kappa shape index (κ3) is 1.75. The molecule has 102 valence electrons. The highest BCUT2D eigenvalue weighted by molar-refractivity contribution is 6.04. The molecule has 19 heavy (non-hydrogen) atoms.